The summed E-state index contributed by atoms with van der Waals surface area (Å²) in [6, 6.07) is 3.16. The molecule has 0 aromatic heterocycles. The van der Waals surface area contributed by atoms with E-state index >= 15 is 0 Å². The lowest BCUT2D eigenvalue weighted by molar-refractivity contribution is -0.181. The van der Waals surface area contributed by atoms with Gasteiger partial charge in [-0.05, 0) is 43.0 Å². The van der Waals surface area contributed by atoms with E-state index < -0.39 is 17.7 Å². The summed E-state index contributed by atoms with van der Waals surface area (Å²) in [6.45, 7) is 0. The minimum Gasteiger partial charge on any atom is -0.316 e. The van der Waals surface area contributed by atoms with Gasteiger partial charge in [-0.2, -0.15) is 13.2 Å². The number of halogens is 4. The summed E-state index contributed by atoms with van der Waals surface area (Å²) in [4.78, 5) is 11.6. The Bertz CT molecular complexity index is 625. The molecule has 0 bridgehead atoms. The van der Waals surface area contributed by atoms with E-state index in [0.29, 0.717) is 0 Å². The normalized spacial score (nSPS) is 25.4. The predicted molar refractivity (Wildman–Crippen MR) is 73.2 cm³/mol. The first-order valence-electron chi connectivity index (χ1n) is 6.47. The Kier molecular flexibility index (Phi) is 3.16. The molecular formula is C14H12ClF3N2O. The molecular weight excluding hydrogens is 305 g/mol. The van der Waals surface area contributed by atoms with Crippen molar-refractivity contribution in [1.29, 1.82) is 0 Å². The van der Waals surface area contributed by atoms with Gasteiger partial charge in [-0.15, -0.1) is 0 Å². The van der Waals surface area contributed by atoms with Gasteiger partial charge in [-0.3, -0.25) is 0 Å². The van der Waals surface area contributed by atoms with Crippen LogP contribution in [0.4, 0.5) is 23.7 Å². The highest BCUT2D eigenvalue weighted by Crippen LogP contribution is 2.46. The molecule has 0 spiro atoms. The van der Waals surface area contributed by atoms with E-state index in [2.05, 4.69) is 5.32 Å². The van der Waals surface area contributed by atoms with Crippen molar-refractivity contribution in [2.45, 2.75) is 24.6 Å². The molecule has 1 heterocycles. The fraction of sp³-hybridized carbons (Fsp3) is 0.357. The average Bonchev–Trinajstić information content (AvgIpc) is 3.19. The molecule has 21 heavy (non-hydrogen) atoms. The highest BCUT2D eigenvalue weighted by Gasteiger charge is 2.58. The van der Waals surface area contributed by atoms with E-state index in [0.717, 1.165) is 18.9 Å². The minimum atomic E-state index is -4.67. The Morgan fingerprint density at radius 3 is 2.67 bits per heavy atom. The molecule has 2 N–H and O–H groups in total. The third kappa shape index (κ3) is 2.48. The molecule has 1 aliphatic carbocycles. The van der Waals surface area contributed by atoms with Crippen molar-refractivity contribution in [1.82, 2.24) is 5.32 Å². The number of hydrogen-bond donors (Lipinski definition) is 2. The molecule has 2 amide bonds. The maximum atomic E-state index is 13.7. The van der Waals surface area contributed by atoms with Gasteiger partial charge >= 0.3 is 12.2 Å². The largest absolute Gasteiger partial charge is 0.419 e. The van der Waals surface area contributed by atoms with Gasteiger partial charge in [0.2, 0.25) is 0 Å². The lowest BCUT2D eigenvalue weighted by Crippen LogP contribution is -2.58. The fourth-order valence-electron chi connectivity index (χ4n) is 2.37. The number of rotatable bonds is 2. The highest BCUT2D eigenvalue weighted by molar-refractivity contribution is 6.30. The summed E-state index contributed by atoms with van der Waals surface area (Å²) in [5.74, 6) is 0.152. The summed E-state index contributed by atoms with van der Waals surface area (Å²) < 4.78 is 41.1. The molecule has 3 rings (SSSR count). The Balaban J connectivity index is 2.18. The molecule has 1 fully saturated rings. The van der Waals surface area contributed by atoms with E-state index in [4.69, 9.17) is 11.6 Å². The maximum absolute atomic E-state index is 13.7. The third-order valence-corrected chi connectivity index (χ3v) is 3.89. The zero-order chi connectivity index (χ0) is 15.3. The summed E-state index contributed by atoms with van der Waals surface area (Å²) in [5, 5.41) is 4.57. The van der Waals surface area contributed by atoms with Crippen LogP contribution in [0.3, 0.4) is 0 Å². The second-order valence-electron chi connectivity index (χ2n) is 5.27. The molecule has 0 radical (unpaired) electrons. The monoisotopic (exact) mass is 316 g/mol. The molecule has 3 nitrogen and oxygen atoms in total. The SMILES string of the molecule is O=C1Nc2ccc(Cl)cc2[C@@](/C=C\C2CC2)(C(F)(F)F)N1. The van der Waals surface area contributed by atoms with Crippen LogP contribution in [0.25, 0.3) is 0 Å². The van der Waals surface area contributed by atoms with Gasteiger partial charge in [-0.1, -0.05) is 17.7 Å². The fourth-order valence-corrected chi connectivity index (χ4v) is 2.54. The highest BCUT2D eigenvalue weighted by atomic mass is 35.5. The van der Waals surface area contributed by atoms with Gasteiger partial charge < -0.3 is 10.6 Å². The van der Waals surface area contributed by atoms with Gasteiger partial charge in [-0.25, -0.2) is 4.79 Å². The van der Waals surface area contributed by atoms with Gasteiger partial charge in [0, 0.05) is 16.3 Å². The number of allylic oxidation sites excluding steroid dienone is 1. The number of fused-ring (bicyclic) bond motifs is 1. The van der Waals surface area contributed by atoms with Crippen LogP contribution in [0.5, 0.6) is 0 Å². The second-order valence-corrected chi connectivity index (χ2v) is 5.71. The van der Waals surface area contributed by atoms with E-state index in [1.54, 1.807) is 0 Å². The zero-order valence-corrected chi connectivity index (χ0v) is 11.6. The number of benzene rings is 1. The molecule has 1 aliphatic heterocycles. The van der Waals surface area contributed by atoms with Crippen LogP contribution in [0.2, 0.25) is 5.02 Å². The number of urea groups is 1. The van der Waals surface area contributed by atoms with Crippen LogP contribution >= 0.6 is 11.6 Å². The molecule has 1 saturated carbocycles. The van der Waals surface area contributed by atoms with Crippen molar-refractivity contribution in [3.63, 3.8) is 0 Å². The molecule has 0 saturated heterocycles. The van der Waals surface area contributed by atoms with Crippen molar-refractivity contribution in [2.24, 2.45) is 5.92 Å². The van der Waals surface area contributed by atoms with Gasteiger partial charge in [0.25, 0.3) is 0 Å². The lowest BCUT2D eigenvalue weighted by Gasteiger charge is -2.39. The molecule has 2 aliphatic rings. The smallest absolute Gasteiger partial charge is 0.316 e. The number of hydrogen-bond acceptors (Lipinski definition) is 1. The Morgan fingerprint density at radius 1 is 1.33 bits per heavy atom. The molecule has 1 atom stereocenters. The Labute approximate surface area is 124 Å². The molecule has 1 aromatic carbocycles. The lowest BCUT2D eigenvalue weighted by atomic mass is 9.85. The summed E-state index contributed by atoms with van der Waals surface area (Å²) in [7, 11) is 0. The predicted octanol–water partition coefficient (Wildman–Crippen LogP) is 4.20. The van der Waals surface area contributed by atoms with E-state index in [9.17, 15) is 18.0 Å². The van der Waals surface area contributed by atoms with Crippen molar-refractivity contribution in [3.05, 3.63) is 40.9 Å². The van der Waals surface area contributed by atoms with Crippen molar-refractivity contribution in [2.75, 3.05) is 5.32 Å². The first kappa shape index (κ1) is 14.3. The quantitative estimate of drug-likeness (QED) is 0.789. The number of carbonyl (C=O) groups excluding carboxylic acids is 1. The summed E-state index contributed by atoms with van der Waals surface area (Å²) in [6.07, 6.45) is -0.365. The maximum Gasteiger partial charge on any atom is 0.419 e. The number of anilines is 1. The van der Waals surface area contributed by atoms with Crippen LogP contribution in [0.1, 0.15) is 18.4 Å². The number of alkyl halides is 3. The van der Waals surface area contributed by atoms with Gasteiger partial charge in [0.1, 0.15) is 0 Å². The first-order valence-corrected chi connectivity index (χ1v) is 6.85. The third-order valence-electron chi connectivity index (χ3n) is 3.65. The number of carbonyl (C=O) groups is 1. The van der Waals surface area contributed by atoms with Gasteiger partial charge in [0.05, 0.1) is 0 Å². The van der Waals surface area contributed by atoms with E-state index in [1.165, 1.54) is 24.3 Å². The molecule has 112 valence electrons. The number of nitrogens with one attached hydrogen (secondary N) is 2. The summed E-state index contributed by atoms with van der Waals surface area (Å²) >= 11 is 5.83. The van der Waals surface area contributed by atoms with E-state index in [1.807, 2.05) is 5.32 Å². The van der Waals surface area contributed by atoms with Crippen LogP contribution in [0, 0.1) is 5.92 Å². The van der Waals surface area contributed by atoms with Crippen LogP contribution < -0.4 is 10.6 Å². The van der Waals surface area contributed by atoms with E-state index in [-0.39, 0.29) is 22.2 Å². The Hall–Kier alpha value is -1.69. The zero-order valence-electron chi connectivity index (χ0n) is 10.8. The topological polar surface area (TPSA) is 41.1 Å². The van der Waals surface area contributed by atoms with Crippen LogP contribution in [-0.2, 0) is 5.54 Å². The van der Waals surface area contributed by atoms with Gasteiger partial charge in [0.15, 0.2) is 5.54 Å². The second kappa shape index (κ2) is 4.66. The minimum absolute atomic E-state index is 0.0981. The average molecular weight is 317 g/mol. The van der Waals surface area contributed by atoms with Crippen molar-refractivity contribution in [3.8, 4) is 0 Å². The Morgan fingerprint density at radius 2 is 2.05 bits per heavy atom. The molecule has 1 aromatic rings. The molecule has 0 unspecified atom stereocenters. The van der Waals surface area contributed by atoms with Crippen molar-refractivity contribution >= 4 is 23.3 Å². The van der Waals surface area contributed by atoms with Crippen LogP contribution in [-0.4, -0.2) is 12.2 Å². The number of amides is 2. The molecule has 7 heteroatoms. The first-order chi connectivity index (χ1) is 9.82. The summed E-state index contributed by atoms with van der Waals surface area (Å²) in [5.41, 5.74) is -2.53. The van der Waals surface area contributed by atoms with Crippen LogP contribution in [0.15, 0.2) is 30.4 Å². The van der Waals surface area contributed by atoms with Crippen molar-refractivity contribution < 1.29 is 18.0 Å². The standard InChI is InChI=1S/C14H12ClF3N2O/c15-9-3-4-11-10(7-9)13(14(16,17)18,20-12(21)19-11)6-5-8-1-2-8/h3-8H,1-2H2,(H2,19,20,21)/b6-5-/t13-/m0/s1.